The molecule has 0 aliphatic carbocycles. The molecule has 0 fully saturated rings. The summed E-state index contributed by atoms with van der Waals surface area (Å²) in [6.45, 7) is 3.04. The predicted octanol–water partition coefficient (Wildman–Crippen LogP) is 3.92. The Bertz CT molecular complexity index is 522. The molecule has 0 aliphatic heterocycles. The van der Waals surface area contributed by atoms with Crippen molar-refractivity contribution in [3.05, 3.63) is 65.5 Å². The molecule has 2 nitrogen and oxygen atoms in total. The number of hydrogen-bond acceptors (Lipinski definition) is 2. The molecule has 106 valence electrons. The molecule has 2 rings (SSSR count). The van der Waals surface area contributed by atoms with Gasteiger partial charge in [0.05, 0.1) is 13.2 Å². The minimum absolute atomic E-state index is 0.0708. The molecule has 0 spiro atoms. The van der Waals surface area contributed by atoms with Crippen LogP contribution in [0.2, 0.25) is 0 Å². The van der Waals surface area contributed by atoms with Crippen LogP contribution in [-0.2, 0) is 0 Å². The lowest BCUT2D eigenvalue weighted by Gasteiger charge is -2.20. The van der Waals surface area contributed by atoms with Gasteiger partial charge in [-0.25, -0.2) is 4.39 Å². The van der Waals surface area contributed by atoms with Gasteiger partial charge in [0.1, 0.15) is 11.6 Å². The van der Waals surface area contributed by atoms with Crippen molar-refractivity contribution in [1.29, 1.82) is 0 Å². The Morgan fingerprint density at radius 3 is 2.05 bits per heavy atom. The van der Waals surface area contributed by atoms with E-state index in [1.807, 2.05) is 36.4 Å². The van der Waals surface area contributed by atoms with Crippen LogP contribution < -0.4 is 10.1 Å². The first-order valence-corrected chi connectivity index (χ1v) is 6.87. The number of nitrogens with one attached hydrogen (secondary N) is 1. The molecule has 2 aromatic carbocycles. The zero-order chi connectivity index (χ0) is 14.4. The fraction of sp³-hybridized carbons (Fsp3) is 0.294. The van der Waals surface area contributed by atoms with Crippen molar-refractivity contribution >= 4 is 0 Å². The maximum Gasteiger partial charge on any atom is 0.123 e. The maximum absolute atomic E-state index is 13.1. The van der Waals surface area contributed by atoms with Gasteiger partial charge in [0.25, 0.3) is 0 Å². The van der Waals surface area contributed by atoms with Gasteiger partial charge in [-0.2, -0.15) is 0 Å². The van der Waals surface area contributed by atoms with E-state index in [-0.39, 0.29) is 11.9 Å². The number of ether oxygens (including phenoxy) is 1. The monoisotopic (exact) mass is 273 g/mol. The Labute approximate surface area is 119 Å². The molecule has 0 aromatic heterocycles. The number of rotatable bonds is 6. The Balaban J connectivity index is 2.27. The molecular weight excluding hydrogens is 253 g/mol. The largest absolute Gasteiger partial charge is 0.497 e. The molecule has 0 heterocycles. The lowest BCUT2D eigenvalue weighted by atomic mass is 9.98. The molecule has 3 heteroatoms. The molecule has 0 saturated heterocycles. The SMILES string of the molecule is CCCNC(c1ccc(F)cc1)c1ccc(OC)cc1. The van der Waals surface area contributed by atoms with E-state index in [4.69, 9.17) is 4.74 Å². The second-order valence-corrected chi connectivity index (χ2v) is 4.71. The standard InChI is InChI=1S/C17H20FNO/c1-3-12-19-17(13-4-8-15(18)9-5-13)14-6-10-16(20-2)11-7-14/h4-11,17,19H,3,12H2,1-2H3. The van der Waals surface area contributed by atoms with Crippen LogP contribution in [0.15, 0.2) is 48.5 Å². The van der Waals surface area contributed by atoms with Gasteiger partial charge in [-0.1, -0.05) is 31.2 Å². The van der Waals surface area contributed by atoms with E-state index in [2.05, 4.69) is 12.2 Å². The third-order valence-electron chi connectivity index (χ3n) is 3.25. The van der Waals surface area contributed by atoms with E-state index in [9.17, 15) is 4.39 Å². The van der Waals surface area contributed by atoms with E-state index >= 15 is 0 Å². The Hall–Kier alpha value is -1.87. The summed E-state index contributed by atoms with van der Waals surface area (Å²) >= 11 is 0. The van der Waals surface area contributed by atoms with Gasteiger partial charge < -0.3 is 10.1 Å². The minimum Gasteiger partial charge on any atom is -0.497 e. The fourth-order valence-corrected chi connectivity index (χ4v) is 2.17. The van der Waals surface area contributed by atoms with Crippen molar-refractivity contribution < 1.29 is 9.13 Å². The van der Waals surface area contributed by atoms with E-state index in [1.54, 1.807) is 7.11 Å². The van der Waals surface area contributed by atoms with E-state index in [0.717, 1.165) is 29.8 Å². The molecule has 20 heavy (non-hydrogen) atoms. The third-order valence-corrected chi connectivity index (χ3v) is 3.25. The predicted molar refractivity (Wildman–Crippen MR) is 79.5 cm³/mol. The van der Waals surface area contributed by atoms with Crippen molar-refractivity contribution in [2.24, 2.45) is 0 Å². The highest BCUT2D eigenvalue weighted by Crippen LogP contribution is 2.24. The van der Waals surface area contributed by atoms with Gasteiger partial charge in [-0.05, 0) is 48.4 Å². The van der Waals surface area contributed by atoms with Crippen LogP contribution in [0.5, 0.6) is 5.75 Å². The molecule has 0 amide bonds. The Morgan fingerprint density at radius 1 is 1.00 bits per heavy atom. The average Bonchev–Trinajstić information content (AvgIpc) is 2.50. The smallest absolute Gasteiger partial charge is 0.123 e. The highest BCUT2D eigenvalue weighted by atomic mass is 19.1. The zero-order valence-electron chi connectivity index (χ0n) is 11.9. The molecular formula is C17H20FNO. The number of methoxy groups -OCH3 is 1. The summed E-state index contributed by atoms with van der Waals surface area (Å²) in [5.74, 6) is 0.625. The Morgan fingerprint density at radius 2 is 1.55 bits per heavy atom. The average molecular weight is 273 g/mol. The van der Waals surface area contributed by atoms with E-state index in [1.165, 1.54) is 12.1 Å². The van der Waals surface area contributed by atoms with Crippen LogP contribution in [0.4, 0.5) is 4.39 Å². The van der Waals surface area contributed by atoms with E-state index in [0.29, 0.717) is 0 Å². The van der Waals surface area contributed by atoms with Crippen LogP contribution in [0.25, 0.3) is 0 Å². The Kier molecular flexibility index (Phi) is 5.13. The van der Waals surface area contributed by atoms with Gasteiger partial charge in [0, 0.05) is 0 Å². The third kappa shape index (κ3) is 3.58. The first kappa shape index (κ1) is 14.5. The first-order chi connectivity index (χ1) is 9.74. The molecule has 1 N–H and O–H groups in total. The van der Waals surface area contributed by atoms with Gasteiger partial charge >= 0.3 is 0 Å². The summed E-state index contributed by atoms with van der Waals surface area (Å²) in [5.41, 5.74) is 2.20. The molecule has 1 unspecified atom stereocenters. The second-order valence-electron chi connectivity index (χ2n) is 4.71. The maximum atomic E-state index is 13.1. The normalized spacial score (nSPS) is 12.2. The highest BCUT2D eigenvalue weighted by molar-refractivity contribution is 5.35. The summed E-state index contributed by atoms with van der Waals surface area (Å²) in [7, 11) is 1.65. The zero-order valence-corrected chi connectivity index (χ0v) is 11.9. The fourth-order valence-electron chi connectivity index (χ4n) is 2.17. The van der Waals surface area contributed by atoms with Crippen LogP contribution in [0.3, 0.4) is 0 Å². The van der Waals surface area contributed by atoms with Crippen molar-refractivity contribution in [3.63, 3.8) is 0 Å². The molecule has 0 aliphatic rings. The van der Waals surface area contributed by atoms with Crippen LogP contribution in [-0.4, -0.2) is 13.7 Å². The first-order valence-electron chi connectivity index (χ1n) is 6.87. The number of hydrogen-bond donors (Lipinski definition) is 1. The van der Waals surface area contributed by atoms with Crippen LogP contribution in [0, 0.1) is 5.82 Å². The van der Waals surface area contributed by atoms with Gasteiger partial charge in [-0.15, -0.1) is 0 Å². The van der Waals surface area contributed by atoms with Crippen molar-refractivity contribution in [1.82, 2.24) is 5.32 Å². The van der Waals surface area contributed by atoms with Crippen molar-refractivity contribution in [2.75, 3.05) is 13.7 Å². The molecule has 0 saturated carbocycles. The number of benzene rings is 2. The summed E-state index contributed by atoms with van der Waals surface area (Å²) in [6, 6.07) is 14.7. The van der Waals surface area contributed by atoms with Crippen molar-refractivity contribution in [2.45, 2.75) is 19.4 Å². The van der Waals surface area contributed by atoms with Crippen LogP contribution >= 0.6 is 0 Å². The second kappa shape index (κ2) is 7.06. The summed E-state index contributed by atoms with van der Waals surface area (Å²) in [6.07, 6.45) is 1.05. The number of halogens is 1. The summed E-state index contributed by atoms with van der Waals surface area (Å²) in [5, 5.41) is 3.50. The lowest BCUT2D eigenvalue weighted by Crippen LogP contribution is -2.23. The minimum atomic E-state index is -0.210. The highest BCUT2D eigenvalue weighted by Gasteiger charge is 2.13. The van der Waals surface area contributed by atoms with Crippen molar-refractivity contribution in [3.8, 4) is 5.75 Å². The lowest BCUT2D eigenvalue weighted by molar-refractivity contribution is 0.414. The van der Waals surface area contributed by atoms with Gasteiger partial charge in [0.15, 0.2) is 0 Å². The quantitative estimate of drug-likeness (QED) is 0.861. The topological polar surface area (TPSA) is 21.3 Å². The van der Waals surface area contributed by atoms with Gasteiger partial charge in [-0.3, -0.25) is 0 Å². The van der Waals surface area contributed by atoms with E-state index < -0.39 is 0 Å². The van der Waals surface area contributed by atoms with Gasteiger partial charge in [0.2, 0.25) is 0 Å². The molecule has 2 aromatic rings. The molecule has 0 bridgehead atoms. The molecule has 0 radical (unpaired) electrons. The summed E-state index contributed by atoms with van der Waals surface area (Å²) in [4.78, 5) is 0. The molecule has 1 atom stereocenters. The van der Waals surface area contributed by atoms with Crippen LogP contribution in [0.1, 0.15) is 30.5 Å². The summed E-state index contributed by atoms with van der Waals surface area (Å²) < 4.78 is 18.2.